The summed E-state index contributed by atoms with van der Waals surface area (Å²) in [7, 11) is 1.54. The zero-order chi connectivity index (χ0) is 10.7. The molecule has 14 heavy (non-hydrogen) atoms. The van der Waals surface area contributed by atoms with Gasteiger partial charge in [-0.25, -0.2) is 0 Å². The molecule has 0 spiro atoms. The van der Waals surface area contributed by atoms with Crippen molar-refractivity contribution in [1.29, 1.82) is 0 Å². The van der Waals surface area contributed by atoms with Crippen LogP contribution in [-0.2, 0) is 0 Å². The third kappa shape index (κ3) is 2.11. The summed E-state index contributed by atoms with van der Waals surface area (Å²) >= 11 is 5.83. The molecule has 78 valence electrons. The van der Waals surface area contributed by atoms with E-state index in [4.69, 9.17) is 22.1 Å². The molecule has 0 aliphatic carbocycles. The van der Waals surface area contributed by atoms with Crippen LogP contribution in [0.25, 0.3) is 0 Å². The smallest absolute Gasteiger partial charge is 0.138 e. The largest absolute Gasteiger partial charge is 0.508 e. The molecule has 4 heteroatoms. The van der Waals surface area contributed by atoms with Crippen LogP contribution >= 0.6 is 11.6 Å². The van der Waals surface area contributed by atoms with Gasteiger partial charge in [-0.1, -0.05) is 18.5 Å². The maximum absolute atomic E-state index is 9.62. The fraction of sp³-hybridized carbons (Fsp3) is 0.400. The van der Waals surface area contributed by atoms with Crippen LogP contribution in [0.4, 0.5) is 0 Å². The minimum Gasteiger partial charge on any atom is -0.508 e. The van der Waals surface area contributed by atoms with Crippen molar-refractivity contribution in [2.75, 3.05) is 13.7 Å². The van der Waals surface area contributed by atoms with Crippen molar-refractivity contribution in [3.63, 3.8) is 0 Å². The van der Waals surface area contributed by atoms with Gasteiger partial charge in [-0.05, 0) is 18.5 Å². The van der Waals surface area contributed by atoms with Crippen molar-refractivity contribution in [2.45, 2.75) is 12.8 Å². The predicted molar refractivity (Wildman–Crippen MR) is 57.1 cm³/mol. The molecule has 0 heterocycles. The number of hydrogen-bond acceptors (Lipinski definition) is 3. The van der Waals surface area contributed by atoms with Crippen LogP contribution in [0.3, 0.4) is 0 Å². The molecule has 1 rings (SSSR count). The van der Waals surface area contributed by atoms with Crippen LogP contribution in [0.5, 0.6) is 11.5 Å². The molecule has 0 radical (unpaired) electrons. The molecular weight excluding hydrogens is 202 g/mol. The first-order valence-corrected chi connectivity index (χ1v) is 4.74. The van der Waals surface area contributed by atoms with Gasteiger partial charge in [0.2, 0.25) is 0 Å². The van der Waals surface area contributed by atoms with E-state index >= 15 is 0 Å². The van der Waals surface area contributed by atoms with E-state index in [1.54, 1.807) is 6.07 Å². The van der Waals surface area contributed by atoms with E-state index in [2.05, 4.69) is 0 Å². The Morgan fingerprint density at radius 3 is 2.71 bits per heavy atom. The van der Waals surface area contributed by atoms with Gasteiger partial charge in [-0.2, -0.15) is 0 Å². The summed E-state index contributed by atoms with van der Waals surface area (Å²) in [5, 5.41) is 10.0. The first-order chi connectivity index (χ1) is 6.60. The number of phenols is 1. The quantitative estimate of drug-likeness (QED) is 0.812. The average Bonchev–Trinajstić information content (AvgIpc) is 2.17. The monoisotopic (exact) mass is 215 g/mol. The fourth-order valence-corrected chi connectivity index (χ4v) is 1.47. The average molecular weight is 216 g/mol. The van der Waals surface area contributed by atoms with Crippen molar-refractivity contribution in [3.05, 3.63) is 22.7 Å². The maximum Gasteiger partial charge on any atom is 0.138 e. The van der Waals surface area contributed by atoms with E-state index < -0.39 is 0 Å². The van der Waals surface area contributed by atoms with E-state index in [9.17, 15) is 5.11 Å². The SMILES string of the molecule is COc1cc(C(C)CN)c(O)cc1Cl. The number of rotatable bonds is 3. The molecule has 0 saturated carbocycles. The zero-order valence-corrected chi connectivity index (χ0v) is 9.01. The first-order valence-electron chi connectivity index (χ1n) is 4.36. The van der Waals surface area contributed by atoms with E-state index in [-0.39, 0.29) is 11.7 Å². The molecule has 3 N–H and O–H groups in total. The lowest BCUT2D eigenvalue weighted by Crippen LogP contribution is -2.09. The number of benzene rings is 1. The van der Waals surface area contributed by atoms with Crippen LogP contribution in [0.1, 0.15) is 18.4 Å². The van der Waals surface area contributed by atoms with Gasteiger partial charge < -0.3 is 15.6 Å². The summed E-state index contributed by atoms with van der Waals surface area (Å²) in [4.78, 5) is 0. The van der Waals surface area contributed by atoms with Crippen LogP contribution in [0.15, 0.2) is 12.1 Å². The normalized spacial score (nSPS) is 12.6. The van der Waals surface area contributed by atoms with Crippen molar-refractivity contribution in [2.24, 2.45) is 5.73 Å². The number of phenolic OH excluding ortho intramolecular Hbond substituents is 1. The molecule has 1 aromatic carbocycles. The lowest BCUT2D eigenvalue weighted by molar-refractivity contribution is 0.410. The number of aromatic hydroxyl groups is 1. The highest BCUT2D eigenvalue weighted by Gasteiger charge is 2.12. The molecule has 0 bridgehead atoms. The third-order valence-corrected chi connectivity index (χ3v) is 2.48. The van der Waals surface area contributed by atoms with Crippen molar-refractivity contribution in [1.82, 2.24) is 0 Å². The Morgan fingerprint density at radius 2 is 2.21 bits per heavy atom. The highest BCUT2D eigenvalue weighted by Crippen LogP contribution is 2.35. The van der Waals surface area contributed by atoms with Crippen molar-refractivity contribution in [3.8, 4) is 11.5 Å². The summed E-state index contributed by atoms with van der Waals surface area (Å²) in [5.41, 5.74) is 6.28. The van der Waals surface area contributed by atoms with Gasteiger partial charge in [0.1, 0.15) is 11.5 Å². The van der Waals surface area contributed by atoms with Gasteiger partial charge in [-0.3, -0.25) is 0 Å². The Morgan fingerprint density at radius 1 is 1.57 bits per heavy atom. The Kier molecular flexibility index (Phi) is 3.61. The predicted octanol–water partition coefficient (Wildman–Crippen LogP) is 2.12. The van der Waals surface area contributed by atoms with Gasteiger partial charge in [0.05, 0.1) is 12.1 Å². The third-order valence-electron chi connectivity index (χ3n) is 2.19. The zero-order valence-electron chi connectivity index (χ0n) is 8.25. The van der Waals surface area contributed by atoms with Crippen LogP contribution in [-0.4, -0.2) is 18.8 Å². The molecular formula is C10H14ClNO2. The summed E-state index contributed by atoms with van der Waals surface area (Å²) in [5.74, 6) is 0.801. The second-order valence-corrected chi connectivity index (χ2v) is 3.59. The molecule has 0 saturated heterocycles. The molecule has 0 amide bonds. The van der Waals surface area contributed by atoms with Crippen LogP contribution < -0.4 is 10.5 Å². The fourth-order valence-electron chi connectivity index (χ4n) is 1.24. The summed E-state index contributed by atoms with van der Waals surface area (Å²) < 4.78 is 5.05. The van der Waals surface area contributed by atoms with Gasteiger partial charge >= 0.3 is 0 Å². The lowest BCUT2D eigenvalue weighted by Gasteiger charge is -2.13. The molecule has 1 aromatic rings. The van der Waals surface area contributed by atoms with Gasteiger partial charge in [0, 0.05) is 11.6 Å². The number of nitrogens with two attached hydrogens (primary N) is 1. The minimum absolute atomic E-state index is 0.0844. The minimum atomic E-state index is 0.0844. The second kappa shape index (κ2) is 4.53. The molecule has 3 nitrogen and oxygen atoms in total. The summed E-state index contributed by atoms with van der Waals surface area (Å²) in [6, 6.07) is 3.19. The Bertz CT molecular complexity index is 328. The second-order valence-electron chi connectivity index (χ2n) is 3.18. The Balaban J connectivity index is 3.17. The highest BCUT2D eigenvalue weighted by molar-refractivity contribution is 6.32. The van der Waals surface area contributed by atoms with Gasteiger partial charge in [0.25, 0.3) is 0 Å². The summed E-state index contributed by atoms with van der Waals surface area (Å²) in [6.07, 6.45) is 0. The van der Waals surface area contributed by atoms with Crippen LogP contribution in [0, 0.1) is 0 Å². The Labute approximate surface area is 88.4 Å². The van der Waals surface area contributed by atoms with E-state index in [1.165, 1.54) is 13.2 Å². The number of hydrogen-bond donors (Lipinski definition) is 2. The molecule has 1 unspecified atom stereocenters. The maximum atomic E-state index is 9.62. The summed E-state index contributed by atoms with van der Waals surface area (Å²) in [6.45, 7) is 2.40. The molecule has 0 aliphatic heterocycles. The highest BCUT2D eigenvalue weighted by atomic mass is 35.5. The van der Waals surface area contributed by atoms with Crippen molar-refractivity contribution < 1.29 is 9.84 Å². The van der Waals surface area contributed by atoms with E-state index in [1.807, 2.05) is 6.92 Å². The molecule has 0 aliphatic rings. The number of ether oxygens (including phenoxy) is 1. The molecule has 0 aromatic heterocycles. The number of halogens is 1. The first kappa shape index (κ1) is 11.1. The lowest BCUT2D eigenvalue weighted by atomic mass is 10.00. The van der Waals surface area contributed by atoms with Gasteiger partial charge in [0.15, 0.2) is 0 Å². The van der Waals surface area contributed by atoms with Gasteiger partial charge in [-0.15, -0.1) is 0 Å². The topological polar surface area (TPSA) is 55.5 Å². The molecule has 1 atom stereocenters. The Hall–Kier alpha value is -0.930. The number of methoxy groups -OCH3 is 1. The van der Waals surface area contributed by atoms with E-state index in [0.717, 1.165) is 5.56 Å². The standard InChI is InChI=1S/C10H14ClNO2/c1-6(5-12)7-3-10(14-2)8(11)4-9(7)13/h3-4,6,13H,5,12H2,1-2H3. The van der Waals surface area contributed by atoms with E-state index in [0.29, 0.717) is 17.3 Å². The van der Waals surface area contributed by atoms with Crippen molar-refractivity contribution >= 4 is 11.6 Å². The molecule has 0 fully saturated rings. The van der Waals surface area contributed by atoms with Crippen LogP contribution in [0.2, 0.25) is 5.02 Å².